The van der Waals surface area contributed by atoms with Crippen molar-refractivity contribution < 1.29 is 9.18 Å². The Kier molecular flexibility index (Phi) is 6.33. The first kappa shape index (κ1) is 17.1. The number of carbonyl (C=O) groups excluding carboxylic acids is 1. The van der Waals surface area contributed by atoms with Gasteiger partial charge in [0.05, 0.1) is 5.69 Å². The highest BCUT2D eigenvalue weighted by Crippen LogP contribution is 2.17. The minimum atomic E-state index is -0.302. The molecule has 0 aliphatic heterocycles. The third kappa shape index (κ3) is 4.54. The smallest absolute Gasteiger partial charge is 0.269 e. The molecule has 0 bridgehead atoms. The fourth-order valence-electron chi connectivity index (χ4n) is 1.65. The molecule has 7 heteroatoms. The highest BCUT2D eigenvalue weighted by atomic mass is 35.5. The lowest BCUT2D eigenvalue weighted by Crippen LogP contribution is -2.37. The molecule has 0 radical (unpaired) electrons. The predicted octanol–water partition coefficient (Wildman–Crippen LogP) is 1.98. The normalized spacial score (nSPS) is 11.6. The predicted molar refractivity (Wildman–Crippen MR) is 82.1 cm³/mol. The van der Waals surface area contributed by atoms with Crippen LogP contribution in [-0.4, -0.2) is 35.7 Å². The Morgan fingerprint density at radius 3 is 2.67 bits per heavy atom. The zero-order valence-corrected chi connectivity index (χ0v) is 12.6. The van der Waals surface area contributed by atoms with Gasteiger partial charge in [-0.15, -0.1) is 12.4 Å². The van der Waals surface area contributed by atoms with E-state index >= 15 is 0 Å². The number of halogens is 2. The molecule has 3 N–H and O–H groups in total. The van der Waals surface area contributed by atoms with Gasteiger partial charge in [0.2, 0.25) is 0 Å². The van der Waals surface area contributed by atoms with Crippen LogP contribution in [0, 0.1) is 5.82 Å². The number of aromatic amines is 1. The third-order valence-electron chi connectivity index (χ3n) is 3.02. The molecule has 1 aromatic heterocycles. The van der Waals surface area contributed by atoms with E-state index in [1.54, 1.807) is 18.2 Å². The van der Waals surface area contributed by atoms with Gasteiger partial charge in [0, 0.05) is 18.2 Å². The van der Waals surface area contributed by atoms with Crippen molar-refractivity contribution in [2.75, 3.05) is 13.6 Å². The lowest BCUT2D eigenvalue weighted by Gasteiger charge is -2.10. The number of likely N-dealkylation sites (N-methyl/N-ethyl adjacent to an activating group) is 1. The minimum Gasteiger partial charge on any atom is -0.349 e. The number of nitrogens with zero attached hydrogens (tertiary/aromatic N) is 1. The lowest BCUT2D eigenvalue weighted by molar-refractivity contribution is 0.0945. The quantitative estimate of drug-likeness (QED) is 0.790. The summed E-state index contributed by atoms with van der Waals surface area (Å²) in [4.78, 5) is 11.9. The average molecular weight is 313 g/mol. The van der Waals surface area contributed by atoms with Gasteiger partial charge in [0.15, 0.2) is 0 Å². The molecule has 0 saturated heterocycles. The third-order valence-corrected chi connectivity index (χ3v) is 3.02. The molecule has 1 amide bonds. The number of carbonyl (C=O) groups is 1. The maximum absolute atomic E-state index is 12.8. The molecule has 0 aliphatic rings. The van der Waals surface area contributed by atoms with Gasteiger partial charge < -0.3 is 10.6 Å². The summed E-state index contributed by atoms with van der Waals surface area (Å²) in [6, 6.07) is 7.80. The number of H-pyrrole nitrogens is 1. The van der Waals surface area contributed by atoms with E-state index in [0.29, 0.717) is 17.9 Å². The topological polar surface area (TPSA) is 69.8 Å². The summed E-state index contributed by atoms with van der Waals surface area (Å²) in [5.74, 6) is -0.517. The van der Waals surface area contributed by atoms with Crippen molar-refractivity contribution in [3.05, 3.63) is 41.8 Å². The van der Waals surface area contributed by atoms with Crippen molar-refractivity contribution in [2.24, 2.45) is 0 Å². The highest BCUT2D eigenvalue weighted by molar-refractivity contribution is 5.93. The Morgan fingerprint density at radius 2 is 2.05 bits per heavy atom. The van der Waals surface area contributed by atoms with Crippen molar-refractivity contribution in [3.63, 3.8) is 0 Å². The Balaban J connectivity index is 0.00000220. The van der Waals surface area contributed by atoms with E-state index in [2.05, 4.69) is 20.8 Å². The van der Waals surface area contributed by atoms with Crippen LogP contribution in [0.15, 0.2) is 30.3 Å². The summed E-state index contributed by atoms with van der Waals surface area (Å²) >= 11 is 0. The first-order chi connectivity index (χ1) is 9.60. The summed E-state index contributed by atoms with van der Waals surface area (Å²) in [6.07, 6.45) is 0. The van der Waals surface area contributed by atoms with Gasteiger partial charge >= 0.3 is 0 Å². The minimum absolute atomic E-state index is 0. The van der Waals surface area contributed by atoms with Crippen LogP contribution in [0.1, 0.15) is 17.4 Å². The first-order valence-electron chi connectivity index (χ1n) is 6.37. The zero-order chi connectivity index (χ0) is 14.5. The van der Waals surface area contributed by atoms with Gasteiger partial charge in [-0.25, -0.2) is 4.39 Å². The maximum Gasteiger partial charge on any atom is 0.269 e. The van der Waals surface area contributed by atoms with Crippen molar-refractivity contribution in [1.29, 1.82) is 0 Å². The Bertz CT molecular complexity index is 585. The van der Waals surface area contributed by atoms with Gasteiger partial charge in [-0.05, 0) is 44.3 Å². The number of benzene rings is 1. The molecule has 0 fully saturated rings. The molecule has 5 nitrogen and oxygen atoms in total. The number of amides is 1. The van der Waals surface area contributed by atoms with Crippen molar-refractivity contribution >= 4 is 18.3 Å². The largest absolute Gasteiger partial charge is 0.349 e. The van der Waals surface area contributed by atoms with Crippen molar-refractivity contribution in [1.82, 2.24) is 20.8 Å². The van der Waals surface area contributed by atoms with Crippen molar-refractivity contribution in [3.8, 4) is 11.3 Å². The molecule has 1 atom stereocenters. The molecule has 1 heterocycles. The zero-order valence-electron chi connectivity index (χ0n) is 11.8. The van der Waals surface area contributed by atoms with E-state index in [9.17, 15) is 9.18 Å². The molecule has 0 saturated carbocycles. The molecular formula is C14H18ClFN4O. The number of nitrogens with one attached hydrogen (secondary N) is 3. The monoisotopic (exact) mass is 312 g/mol. The van der Waals surface area contributed by atoms with E-state index in [1.807, 2.05) is 14.0 Å². The van der Waals surface area contributed by atoms with E-state index < -0.39 is 0 Å². The van der Waals surface area contributed by atoms with Crippen LogP contribution in [0.5, 0.6) is 0 Å². The summed E-state index contributed by atoms with van der Waals surface area (Å²) in [7, 11) is 1.83. The van der Waals surface area contributed by atoms with E-state index in [-0.39, 0.29) is 30.2 Å². The molecular weight excluding hydrogens is 295 g/mol. The number of hydrogen-bond donors (Lipinski definition) is 3. The summed E-state index contributed by atoms with van der Waals surface area (Å²) in [5, 5.41) is 12.6. The van der Waals surface area contributed by atoms with Crippen LogP contribution in [0.25, 0.3) is 11.3 Å². The van der Waals surface area contributed by atoms with Crippen LogP contribution >= 0.6 is 12.4 Å². The second-order valence-corrected chi connectivity index (χ2v) is 4.57. The van der Waals surface area contributed by atoms with Gasteiger partial charge in [-0.2, -0.15) is 5.10 Å². The van der Waals surface area contributed by atoms with E-state index in [1.165, 1.54) is 12.1 Å². The number of rotatable bonds is 5. The Morgan fingerprint density at radius 1 is 1.38 bits per heavy atom. The molecule has 1 unspecified atom stereocenters. The van der Waals surface area contributed by atoms with E-state index in [4.69, 9.17) is 0 Å². The summed E-state index contributed by atoms with van der Waals surface area (Å²) in [5.41, 5.74) is 1.75. The number of aromatic nitrogens is 2. The maximum atomic E-state index is 12.8. The lowest BCUT2D eigenvalue weighted by atomic mass is 10.1. The van der Waals surface area contributed by atoms with Crippen LogP contribution in [0.4, 0.5) is 4.39 Å². The Labute approximate surface area is 128 Å². The number of hydrogen-bond acceptors (Lipinski definition) is 3. The standard InChI is InChI=1S/C14H17FN4O.ClH/c1-9(16-2)8-17-14(20)13-7-12(18-19-13)10-3-5-11(15)6-4-10;/h3-7,9,16H,8H2,1-2H3,(H,17,20)(H,18,19);1H. The molecule has 2 aromatic rings. The van der Waals surface area contributed by atoms with Gasteiger partial charge in [0.25, 0.3) is 5.91 Å². The van der Waals surface area contributed by atoms with E-state index in [0.717, 1.165) is 5.56 Å². The molecule has 1 aromatic carbocycles. The summed E-state index contributed by atoms with van der Waals surface area (Å²) in [6.45, 7) is 2.50. The van der Waals surface area contributed by atoms with Gasteiger partial charge in [-0.3, -0.25) is 9.89 Å². The molecule has 0 aliphatic carbocycles. The average Bonchev–Trinajstić information content (AvgIpc) is 2.95. The fraction of sp³-hybridized carbons (Fsp3) is 0.286. The van der Waals surface area contributed by atoms with Crippen LogP contribution in [0.3, 0.4) is 0 Å². The second kappa shape index (κ2) is 7.75. The van der Waals surface area contributed by atoms with Crippen LogP contribution < -0.4 is 10.6 Å². The molecule has 114 valence electrons. The molecule has 0 spiro atoms. The SMILES string of the molecule is CNC(C)CNC(=O)c1cc(-c2ccc(F)cc2)n[nH]1.Cl. The second-order valence-electron chi connectivity index (χ2n) is 4.57. The van der Waals surface area contributed by atoms with Gasteiger partial charge in [-0.1, -0.05) is 0 Å². The van der Waals surface area contributed by atoms with Crippen LogP contribution in [0.2, 0.25) is 0 Å². The first-order valence-corrected chi connectivity index (χ1v) is 6.37. The molecule has 21 heavy (non-hydrogen) atoms. The Hall–Kier alpha value is -1.92. The molecule has 2 rings (SSSR count). The van der Waals surface area contributed by atoms with Gasteiger partial charge in [0.1, 0.15) is 11.5 Å². The summed E-state index contributed by atoms with van der Waals surface area (Å²) < 4.78 is 12.8. The van der Waals surface area contributed by atoms with Crippen molar-refractivity contribution in [2.45, 2.75) is 13.0 Å². The fourth-order valence-corrected chi connectivity index (χ4v) is 1.65. The van der Waals surface area contributed by atoms with Crippen LogP contribution in [-0.2, 0) is 0 Å². The highest BCUT2D eigenvalue weighted by Gasteiger charge is 2.11.